The van der Waals surface area contributed by atoms with Gasteiger partial charge in [0.2, 0.25) is 5.95 Å². The fourth-order valence-electron chi connectivity index (χ4n) is 4.06. The number of nitrogens with zero attached hydrogens (tertiary/aromatic N) is 7. The molecule has 0 aliphatic heterocycles. The van der Waals surface area contributed by atoms with Crippen LogP contribution in [0.2, 0.25) is 5.02 Å². The summed E-state index contributed by atoms with van der Waals surface area (Å²) in [6.07, 6.45) is 5.60. The molecule has 0 saturated heterocycles. The molecule has 1 aromatic carbocycles. The van der Waals surface area contributed by atoms with Gasteiger partial charge in [0.15, 0.2) is 5.82 Å². The van der Waals surface area contributed by atoms with Crippen molar-refractivity contribution in [2.24, 2.45) is 7.05 Å². The summed E-state index contributed by atoms with van der Waals surface area (Å²) in [5, 5.41) is 13.3. The summed E-state index contributed by atoms with van der Waals surface area (Å²) in [6.45, 7) is 1.74. The smallest absolute Gasteiger partial charge is 0.228 e. The Labute approximate surface area is 191 Å². The molecular weight excluding hydrogens is 424 g/mol. The SMILES string of the molecule is CN(C)CCn1ccc(Nc2ncc3c(n2)-c2c(nn(C)c2-c2cccc(Cl)c2)CC3)n1. The van der Waals surface area contributed by atoms with E-state index in [1.165, 1.54) is 0 Å². The Balaban J connectivity index is 1.49. The lowest BCUT2D eigenvalue weighted by atomic mass is 9.91. The first-order valence-electron chi connectivity index (χ1n) is 10.6. The zero-order valence-electron chi connectivity index (χ0n) is 18.4. The fraction of sp³-hybridized carbons (Fsp3) is 0.304. The van der Waals surface area contributed by atoms with Crippen molar-refractivity contribution in [2.75, 3.05) is 26.0 Å². The molecule has 0 amide bonds. The molecule has 3 heterocycles. The third kappa shape index (κ3) is 3.99. The van der Waals surface area contributed by atoms with Gasteiger partial charge in [0, 0.05) is 48.2 Å². The van der Waals surface area contributed by atoms with Crippen molar-refractivity contribution in [3.8, 4) is 22.5 Å². The predicted octanol–water partition coefficient (Wildman–Crippen LogP) is 3.80. The van der Waals surface area contributed by atoms with Crippen molar-refractivity contribution in [2.45, 2.75) is 19.4 Å². The van der Waals surface area contributed by atoms with E-state index >= 15 is 0 Å². The van der Waals surface area contributed by atoms with Crippen LogP contribution in [0.4, 0.5) is 11.8 Å². The maximum Gasteiger partial charge on any atom is 0.228 e. The number of anilines is 2. The van der Waals surface area contributed by atoms with Crippen molar-refractivity contribution in [1.82, 2.24) is 34.4 Å². The van der Waals surface area contributed by atoms with E-state index in [4.69, 9.17) is 21.7 Å². The van der Waals surface area contributed by atoms with E-state index in [0.717, 1.165) is 65.5 Å². The highest BCUT2D eigenvalue weighted by Crippen LogP contribution is 2.40. The quantitative estimate of drug-likeness (QED) is 0.483. The molecule has 0 radical (unpaired) electrons. The molecule has 32 heavy (non-hydrogen) atoms. The summed E-state index contributed by atoms with van der Waals surface area (Å²) in [4.78, 5) is 11.6. The molecule has 3 aromatic heterocycles. The van der Waals surface area contributed by atoms with E-state index in [2.05, 4.69) is 26.4 Å². The van der Waals surface area contributed by atoms with Crippen molar-refractivity contribution < 1.29 is 0 Å². The average molecular weight is 449 g/mol. The van der Waals surface area contributed by atoms with Crippen LogP contribution in [0.25, 0.3) is 22.5 Å². The molecule has 1 aliphatic carbocycles. The minimum absolute atomic E-state index is 0.523. The van der Waals surface area contributed by atoms with Gasteiger partial charge in [0.05, 0.1) is 23.6 Å². The highest BCUT2D eigenvalue weighted by molar-refractivity contribution is 6.30. The summed E-state index contributed by atoms with van der Waals surface area (Å²) < 4.78 is 3.84. The van der Waals surface area contributed by atoms with Gasteiger partial charge in [-0.05, 0) is 44.6 Å². The third-order valence-corrected chi connectivity index (χ3v) is 5.84. The van der Waals surface area contributed by atoms with Gasteiger partial charge in [-0.3, -0.25) is 9.36 Å². The van der Waals surface area contributed by atoms with Gasteiger partial charge < -0.3 is 10.2 Å². The van der Waals surface area contributed by atoms with Crippen LogP contribution >= 0.6 is 11.6 Å². The molecule has 9 heteroatoms. The lowest BCUT2D eigenvalue weighted by Gasteiger charge is -2.16. The van der Waals surface area contributed by atoms with Crippen LogP contribution in [0.3, 0.4) is 0 Å². The Hall–Kier alpha value is -3.23. The number of nitrogens with one attached hydrogen (secondary N) is 1. The standard InChI is InChI=1S/C23H25ClN8/c1-30(2)11-12-32-10-9-19(29-32)26-23-25-14-16-7-8-18-20(21(16)27-23)22(31(3)28-18)15-5-4-6-17(24)13-15/h4-6,9-10,13-14H,7-8,11-12H2,1-3H3,(H,25,26,27,29). The predicted molar refractivity (Wildman–Crippen MR) is 126 cm³/mol. The number of benzene rings is 1. The number of hydrogen-bond acceptors (Lipinski definition) is 6. The number of rotatable bonds is 6. The molecule has 1 N–H and O–H groups in total. The normalized spacial score (nSPS) is 12.7. The summed E-state index contributed by atoms with van der Waals surface area (Å²) >= 11 is 6.28. The fourth-order valence-corrected chi connectivity index (χ4v) is 4.25. The van der Waals surface area contributed by atoms with Gasteiger partial charge >= 0.3 is 0 Å². The summed E-state index contributed by atoms with van der Waals surface area (Å²) in [6, 6.07) is 9.79. The molecule has 0 bridgehead atoms. The molecule has 0 spiro atoms. The molecular formula is C23H25ClN8. The van der Waals surface area contributed by atoms with E-state index < -0.39 is 0 Å². The zero-order chi connectivity index (χ0) is 22.2. The third-order valence-electron chi connectivity index (χ3n) is 5.61. The average Bonchev–Trinajstić information content (AvgIpc) is 3.35. The first kappa shape index (κ1) is 20.7. The largest absolute Gasteiger partial charge is 0.308 e. The van der Waals surface area contributed by atoms with Crippen molar-refractivity contribution >= 4 is 23.4 Å². The minimum Gasteiger partial charge on any atom is -0.308 e. The van der Waals surface area contributed by atoms with Gasteiger partial charge in [-0.25, -0.2) is 9.97 Å². The second-order valence-corrected chi connectivity index (χ2v) is 8.70. The lowest BCUT2D eigenvalue weighted by Crippen LogP contribution is -2.18. The van der Waals surface area contributed by atoms with Gasteiger partial charge in [0.1, 0.15) is 0 Å². The molecule has 0 fully saturated rings. The lowest BCUT2D eigenvalue weighted by molar-refractivity contribution is 0.373. The molecule has 5 rings (SSSR count). The summed E-state index contributed by atoms with van der Waals surface area (Å²) in [5.74, 6) is 1.25. The van der Waals surface area contributed by atoms with Crippen LogP contribution in [0.15, 0.2) is 42.7 Å². The second-order valence-electron chi connectivity index (χ2n) is 8.26. The van der Waals surface area contributed by atoms with Crippen LogP contribution in [-0.4, -0.2) is 55.1 Å². The molecule has 164 valence electrons. The van der Waals surface area contributed by atoms with Crippen LogP contribution in [0.1, 0.15) is 11.3 Å². The van der Waals surface area contributed by atoms with E-state index in [0.29, 0.717) is 11.0 Å². The van der Waals surface area contributed by atoms with Crippen LogP contribution < -0.4 is 5.32 Å². The summed E-state index contributed by atoms with van der Waals surface area (Å²) in [7, 11) is 6.07. The van der Waals surface area contributed by atoms with Crippen LogP contribution in [0.5, 0.6) is 0 Å². The van der Waals surface area contributed by atoms with Crippen molar-refractivity contribution in [3.63, 3.8) is 0 Å². The number of aryl methyl sites for hydroxylation is 3. The van der Waals surface area contributed by atoms with E-state index in [1.807, 2.05) is 67.2 Å². The Morgan fingerprint density at radius 2 is 2.03 bits per heavy atom. The molecule has 8 nitrogen and oxygen atoms in total. The monoisotopic (exact) mass is 448 g/mol. The van der Waals surface area contributed by atoms with Gasteiger partial charge in [0.25, 0.3) is 0 Å². The number of fused-ring (bicyclic) bond motifs is 3. The number of aromatic nitrogens is 6. The van der Waals surface area contributed by atoms with Crippen LogP contribution in [0, 0.1) is 0 Å². The number of hydrogen-bond donors (Lipinski definition) is 1. The maximum absolute atomic E-state index is 6.28. The van der Waals surface area contributed by atoms with E-state index in [-0.39, 0.29) is 0 Å². The maximum atomic E-state index is 6.28. The highest BCUT2D eigenvalue weighted by atomic mass is 35.5. The molecule has 0 unspecified atom stereocenters. The number of likely N-dealkylation sites (N-methyl/N-ethyl adjacent to an activating group) is 1. The minimum atomic E-state index is 0.523. The molecule has 0 saturated carbocycles. The highest BCUT2D eigenvalue weighted by Gasteiger charge is 2.27. The first-order valence-corrected chi connectivity index (χ1v) is 11.0. The second kappa shape index (κ2) is 8.37. The molecule has 0 atom stereocenters. The van der Waals surface area contributed by atoms with Gasteiger partial charge in [-0.15, -0.1) is 0 Å². The van der Waals surface area contributed by atoms with Gasteiger partial charge in [-0.1, -0.05) is 23.7 Å². The van der Waals surface area contributed by atoms with E-state index in [1.54, 1.807) is 0 Å². The van der Waals surface area contributed by atoms with Gasteiger partial charge in [-0.2, -0.15) is 10.2 Å². The Morgan fingerprint density at radius 3 is 2.84 bits per heavy atom. The Bertz CT molecular complexity index is 1270. The molecule has 4 aromatic rings. The zero-order valence-corrected chi connectivity index (χ0v) is 19.1. The number of halogens is 1. The van der Waals surface area contributed by atoms with Crippen molar-refractivity contribution in [3.05, 3.63) is 59.0 Å². The topological polar surface area (TPSA) is 76.7 Å². The van der Waals surface area contributed by atoms with Crippen molar-refractivity contribution in [1.29, 1.82) is 0 Å². The Kier molecular flexibility index (Phi) is 5.40. The van der Waals surface area contributed by atoms with Crippen LogP contribution in [-0.2, 0) is 26.4 Å². The molecule has 1 aliphatic rings. The first-order chi connectivity index (χ1) is 15.5. The Morgan fingerprint density at radius 1 is 1.16 bits per heavy atom. The summed E-state index contributed by atoms with van der Waals surface area (Å²) in [5.41, 5.74) is 6.18. The van der Waals surface area contributed by atoms with E-state index in [9.17, 15) is 0 Å².